The Morgan fingerprint density at radius 2 is 2.04 bits per heavy atom. The van der Waals surface area contributed by atoms with Crippen molar-refractivity contribution in [2.45, 2.75) is 19.9 Å². The zero-order valence-electron chi connectivity index (χ0n) is 14.2. The molecule has 0 bridgehead atoms. The highest BCUT2D eigenvalue weighted by Crippen LogP contribution is 2.28. The number of aromatic nitrogens is 2. The maximum Gasteiger partial charge on any atom is 0.266 e. The molecule has 5 nitrogen and oxygen atoms in total. The lowest BCUT2D eigenvalue weighted by Gasteiger charge is -2.28. The molecular weight excluding hydrogens is 351 g/mol. The van der Waals surface area contributed by atoms with Crippen LogP contribution in [0.15, 0.2) is 42.6 Å². The standard InChI is InChI=1S/C19H17FN4OS/c1-12-17(26-19(22-12)23-16-7-6-15(20)10-21-16)18(25)24-9-8-13-4-2-3-5-14(13)11-24/h2-7,10H,8-9,11H2,1H3,(H,21,22,23). The minimum atomic E-state index is -0.396. The van der Waals surface area contributed by atoms with Gasteiger partial charge in [-0.05, 0) is 36.6 Å². The summed E-state index contributed by atoms with van der Waals surface area (Å²) < 4.78 is 13.0. The van der Waals surface area contributed by atoms with Gasteiger partial charge >= 0.3 is 0 Å². The molecule has 4 rings (SSSR count). The zero-order chi connectivity index (χ0) is 18.1. The molecule has 2 aromatic heterocycles. The van der Waals surface area contributed by atoms with Crippen molar-refractivity contribution >= 4 is 28.2 Å². The van der Waals surface area contributed by atoms with Gasteiger partial charge in [0.2, 0.25) is 0 Å². The van der Waals surface area contributed by atoms with E-state index in [1.54, 1.807) is 0 Å². The van der Waals surface area contributed by atoms with Gasteiger partial charge in [-0.1, -0.05) is 35.6 Å². The largest absolute Gasteiger partial charge is 0.333 e. The summed E-state index contributed by atoms with van der Waals surface area (Å²) in [6.45, 7) is 3.15. The van der Waals surface area contributed by atoms with Crippen LogP contribution in [0, 0.1) is 12.7 Å². The summed E-state index contributed by atoms with van der Waals surface area (Å²) >= 11 is 1.29. The monoisotopic (exact) mass is 368 g/mol. The molecule has 0 radical (unpaired) electrons. The summed E-state index contributed by atoms with van der Waals surface area (Å²) in [5.74, 6) is 0.0905. The van der Waals surface area contributed by atoms with E-state index < -0.39 is 5.82 Å². The number of thiazole rings is 1. The first kappa shape index (κ1) is 16.7. The van der Waals surface area contributed by atoms with Crippen molar-refractivity contribution < 1.29 is 9.18 Å². The summed E-state index contributed by atoms with van der Waals surface area (Å²) in [6, 6.07) is 11.1. The quantitative estimate of drug-likeness (QED) is 0.761. The van der Waals surface area contributed by atoms with E-state index in [1.807, 2.05) is 24.0 Å². The highest BCUT2D eigenvalue weighted by Gasteiger charge is 2.25. The number of amides is 1. The van der Waals surface area contributed by atoms with Crippen molar-refractivity contribution in [2.75, 3.05) is 11.9 Å². The third kappa shape index (κ3) is 3.30. The third-order valence-electron chi connectivity index (χ3n) is 4.37. The highest BCUT2D eigenvalue weighted by atomic mass is 32.1. The fourth-order valence-corrected chi connectivity index (χ4v) is 3.96. The number of benzene rings is 1. The van der Waals surface area contributed by atoms with Gasteiger partial charge in [-0.2, -0.15) is 0 Å². The van der Waals surface area contributed by atoms with Crippen molar-refractivity contribution in [1.29, 1.82) is 0 Å². The molecule has 3 heterocycles. The summed E-state index contributed by atoms with van der Waals surface area (Å²) in [7, 11) is 0. The molecular formula is C19H17FN4OS. The zero-order valence-corrected chi connectivity index (χ0v) is 15.0. The van der Waals surface area contributed by atoms with Gasteiger partial charge in [0, 0.05) is 13.1 Å². The molecule has 1 N–H and O–H groups in total. The summed E-state index contributed by atoms with van der Waals surface area (Å²) in [5, 5.41) is 3.60. The van der Waals surface area contributed by atoms with Crippen molar-refractivity contribution in [3.05, 3.63) is 70.1 Å². The second kappa shape index (κ2) is 6.84. The number of nitrogens with one attached hydrogen (secondary N) is 1. The molecule has 0 unspecified atom stereocenters. The van der Waals surface area contributed by atoms with Gasteiger partial charge in [0.1, 0.15) is 16.5 Å². The van der Waals surface area contributed by atoms with Crippen molar-refractivity contribution in [1.82, 2.24) is 14.9 Å². The number of fused-ring (bicyclic) bond motifs is 1. The van der Waals surface area contributed by atoms with Gasteiger partial charge < -0.3 is 10.2 Å². The fourth-order valence-electron chi connectivity index (χ4n) is 3.02. The van der Waals surface area contributed by atoms with E-state index in [0.29, 0.717) is 34.6 Å². The fraction of sp³-hybridized carbons (Fsp3) is 0.211. The predicted octanol–water partition coefficient (Wildman–Crippen LogP) is 3.93. The van der Waals surface area contributed by atoms with Gasteiger partial charge in [-0.3, -0.25) is 4.79 Å². The lowest BCUT2D eigenvalue weighted by Crippen LogP contribution is -2.35. The van der Waals surface area contributed by atoms with Gasteiger partial charge in [0.25, 0.3) is 5.91 Å². The molecule has 0 spiro atoms. The molecule has 0 saturated carbocycles. The van der Waals surface area contributed by atoms with Crippen LogP contribution >= 0.6 is 11.3 Å². The van der Waals surface area contributed by atoms with Crippen LogP contribution in [0.1, 0.15) is 26.5 Å². The van der Waals surface area contributed by atoms with E-state index in [-0.39, 0.29) is 5.91 Å². The Morgan fingerprint density at radius 1 is 1.23 bits per heavy atom. The maximum absolute atomic E-state index is 13.0. The molecule has 132 valence electrons. The molecule has 0 aliphatic carbocycles. The number of carbonyl (C=O) groups excluding carboxylic acids is 1. The number of carbonyl (C=O) groups is 1. The molecule has 7 heteroatoms. The van der Waals surface area contributed by atoms with Crippen LogP contribution in [0.25, 0.3) is 0 Å². The van der Waals surface area contributed by atoms with Crippen molar-refractivity contribution in [3.63, 3.8) is 0 Å². The van der Waals surface area contributed by atoms with Gasteiger partial charge in [-0.15, -0.1) is 0 Å². The minimum absolute atomic E-state index is 0.00498. The summed E-state index contributed by atoms with van der Waals surface area (Å²) in [6.07, 6.45) is 2.00. The van der Waals surface area contributed by atoms with Crippen LogP contribution in [0.3, 0.4) is 0 Å². The molecule has 1 aliphatic rings. The van der Waals surface area contributed by atoms with E-state index in [9.17, 15) is 9.18 Å². The first-order chi connectivity index (χ1) is 12.6. The number of anilines is 2. The maximum atomic E-state index is 13.0. The Morgan fingerprint density at radius 3 is 2.81 bits per heavy atom. The average Bonchev–Trinajstić information content (AvgIpc) is 3.02. The van der Waals surface area contributed by atoms with E-state index >= 15 is 0 Å². The molecule has 1 aliphatic heterocycles. The molecule has 0 saturated heterocycles. The van der Waals surface area contributed by atoms with Crippen LogP contribution in [-0.2, 0) is 13.0 Å². The number of halogens is 1. The molecule has 3 aromatic rings. The van der Waals surface area contributed by atoms with Crippen LogP contribution in [0.5, 0.6) is 0 Å². The van der Waals surface area contributed by atoms with Crippen LogP contribution in [-0.4, -0.2) is 27.3 Å². The molecule has 26 heavy (non-hydrogen) atoms. The Kier molecular flexibility index (Phi) is 4.38. The average molecular weight is 368 g/mol. The van der Waals surface area contributed by atoms with E-state index in [4.69, 9.17) is 0 Å². The van der Waals surface area contributed by atoms with Crippen LogP contribution < -0.4 is 5.32 Å². The first-order valence-electron chi connectivity index (χ1n) is 8.32. The van der Waals surface area contributed by atoms with Crippen molar-refractivity contribution in [3.8, 4) is 0 Å². The Hall–Kier alpha value is -2.80. The van der Waals surface area contributed by atoms with E-state index in [1.165, 1.54) is 34.6 Å². The lowest BCUT2D eigenvalue weighted by atomic mass is 10.00. The lowest BCUT2D eigenvalue weighted by molar-refractivity contribution is 0.0738. The van der Waals surface area contributed by atoms with Gasteiger partial charge in [-0.25, -0.2) is 14.4 Å². The molecule has 1 amide bonds. The van der Waals surface area contributed by atoms with Crippen LogP contribution in [0.2, 0.25) is 0 Å². The molecule has 0 fully saturated rings. The molecule has 1 aromatic carbocycles. The Balaban J connectivity index is 1.52. The third-order valence-corrected chi connectivity index (χ3v) is 5.43. The number of hydrogen-bond acceptors (Lipinski definition) is 5. The number of pyridine rings is 1. The number of rotatable bonds is 3. The minimum Gasteiger partial charge on any atom is -0.333 e. The van der Waals surface area contributed by atoms with E-state index in [0.717, 1.165) is 12.6 Å². The van der Waals surface area contributed by atoms with E-state index in [2.05, 4.69) is 27.4 Å². The summed E-state index contributed by atoms with van der Waals surface area (Å²) in [5.41, 5.74) is 3.19. The topological polar surface area (TPSA) is 58.1 Å². The predicted molar refractivity (Wildman–Crippen MR) is 99.2 cm³/mol. The van der Waals surface area contributed by atoms with Crippen molar-refractivity contribution in [2.24, 2.45) is 0 Å². The SMILES string of the molecule is Cc1nc(Nc2ccc(F)cn2)sc1C(=O)N1CCc2ccccc2C1. The Labute approximate surface area is 154 Å². The second-order valence-corrected chi connectivity index (χ2v) is 7.16. The molecule has 0 atom stereocenters. The highest BCUT2D eigenvalue weighted by molar-refractivity contribution is 7.17. The normalized spacial score (nSPS) is 13.4. The van der Waals surface area contributed by atoms with Gasteiger partial charge in [0.15, 0.2) is 5.13 Å². The number of hydrogen-bond donors (Lipinski definition) is 1. The summed E-state index contributed by atoms with van der Waals surface area (Å²) in [4.78, 5) is 23.8. The number of aryl methyl sites for hydroxylation is 1. The first-order valence-corrected chi connectivity index (χ1v) is 9.14. The number of nitrogens with zero attached hydrogens (tertiary/aromatic N) is 3. The Bertz CT molecular complexity index is 954. The van der Waals surface area contributed by atoms with Crippen LogP contribution in [0.4, 0.5) is 15.3 Å². The second-order valence-electron chi connectivity index (χ2n) is 6.17. The smallest absolute Gasteiger partial charge is 0.266 e. The van der Waals surface area contributed by atoms with Gasteiger partial charge in [0.05, 0.1) is 11.9 Å².